The summed E-state index contributed by atoms with van der Waals surface area (Å²) in [6, 6.07) is 11.7. The lowest BCUT2D eigenvalue weighted by Crippen LogP contribution is -2.24. The molecular formula is C19H23NO3. The fourth-order valence-corrected chi connectivity index (χ4v) is 2.65. The van der Waals surface area contributed by atoms with Crippen molar-refractivity contribution in [3.8, 4) is 11.5 Å². The van der Waals surface area contributed by atoms with Crippen LogP contribution in [0.1, 0.15) is 22.3 Å². The van der Waals surface area contributed by atoms with Gasteiger partial charge in [-0.05, 0) is 37.1 Å². The molecule has 0 aliphatic heterocycles. The second-order valence-corrected chi connectivity index (χ2v) is 5.58. The lowest BCUT2D eigenvalue weighted by Gasteiger charge is -2.13. The van der Waals surface area contributed by atoms with Crippen LogP contribution >= 0.6 is 0 Å². The minimum atomic E-state index is -0.0240. The first-order valence-electron chi connectivity index (χ1n) is 7.57. The number of amides is 1. The van der Waals surface area contributed by atoms with Crippen LogP contribution in [0.25, 0.3) is 0 Å². The third kappa shape index (κ3) is 4.49. The summed E-state index contributed by atoms with van der Waals surface area (Å²) >= 11 is 0. The highest BCUT2D eigenvalue weighted by atomic mass is 16.5. The lowest BCUT2D eigenvalue weighted by atomic mass is 10.0. The van der Waals surface area contributed by atoms with Crippen molar-refractivity contribution < 1.29 is 14.3 Å². The summed E-state index contributed by atoms with van der Waals surface area (Å²) in [5.41, 5.74) is 4.12. The number of hydrogen-bond donors (Lipinski definition) is 1. The number of aryl methyl sites for hydroxylation is 2. The average Bonchev–Trinajstić information content (AvgIpc) is 2.53. The monoisotopic (exact) mass is 313 g/mol. The van der Waals surface area contributed by atoms with Gasteiger partial charge in [0.1, 0.15) is 11.5 Å². The Balaban J connectivity index is 1.99. The summed E-state index contributed by atoms with van der Waals surface area (Å²) < 4.78 is 10.5. The van der Waals surface area contributed by atoms with Gasteiger partial charge in [-0.3, -0.25) is 4.79 Å². The predicted molar refractivity (Wildman–Crippen MR) is 91.0 cm³/mol. The quantitative estimate of drug-likeness (QED) is 0.891. The molecule has 0 aliphatic carbocycles. The van der Waals surface area contributed by atoms with E-state index in [1.54, 1.807) is 14.2 Å². The van der Waals surface area contributed by atoms with Crippen molar-refractivity contribution in [2.75, 3.05) is 14.2 Å². The molecule has 23 heavy (non-hydrogen) atoms. The molecule has 0 atom stereocenters. The zero-order chi connectivity index (χ0) is 16.8. The molecule has 2 aromatic rings. The topological polar surface area (TPSA) is 47.6 Å². The maximum absolute atomic E-state index is 12.2. The summed E-state index contributed by atoms with van der Waals surface area (Å²) in [5, 5.41) is 2.94. The van der Waals surface area contributed by atoms with Gasteiger partial charge in [0.05, 0.1) is 20.6 Å². The van der Waals surface area contributed by atoms with Crippen LogP contribution in [0, 0.1) is 13.8 Å². The molecule has 0 saturated carbocycles. The normalized spacial score (nSPS) is 10.3. The van der Waals surface area contributed by atoms with E-state index in [0.717, 1.165) is 33.8 Å². The van der Waals surface area contributed by atoms with Crippen molar-refractivity contribution in [2.24, 2.45) is 0 Å². The Kier molecular flexibility index (Phi) is 5.63. The average molecular weight is 313 g/mol. The Morgan fingerprint density at radius 1 is 1.04 bits per heavy atom. The first kappa shape index (κ1) is 16.9. The number of carbonyl (C=O) groups excluding carboxylic acids is 1. The van der Waals surface area contributed by atoms with Gasteiger partial charge in [-0.25, -0.2) is 0 Å². The highest BCUT2D eigenvalue weighted by Gasteiger charge is 2.11. The Labute approximate surface area is 137 Å². The van der Waals surface area contributed by atoms with Crippen LogP contribution in [-0.4, -0.2) is 20.1 Å². The molecule has 1 amide bonds. The number of rotatable bonds is 6. The fraction of sp³-hybridized carbons (Fsp3) is 0.316. The van der Waals surface area contributed by atoms with E-state index in [2.05, 4.69) is 11.4 Å². The van der Waals surface area contributed by atoms with Crippen molar-refractivity contribution in [2.45, 2.75) is 26.8 Å². The first-order chi connectivity index (χ1) is 11.0. The van der Waals surface area contributed by atoms with Crippen LogP contribution in [0.15, 0.2) is 36.4 Å². The van der Waals surface area contributed by atoms with Gasteiger partial charge in [0, 0.05) is 12.1 Å². The second kappa shape index (κ2) is 7.68. The number of methoxy groups -OCH3 is 2. The first-order valence-corrected chi connectivity index (χ1v) is 7.57. The predicted octanol–water partition coefficient (Wildman–Crippen LogP) is 3.18. The van der Waals surface area contributed by atoms with Gasteiger partial charge in [0.15, 0.2) is 0 Å². The van der Waals surface area contributed by atoms with Gasteiger partial charge in [-0.15, -0.1) is 0 Å². The summed E-state index contributed by atoms with van der Waals surface area (Å²) in [6.45, 7) is 4.51. The van der Waals surface area contributed by atoms with Crippen LogP contribution in [0.3, 0.4) is 0 Å². The largest absolute Gasteiger partial charge is 0.497 e. The Morgan fingerprint density at radius 3 is 2.35 bits per heavy atom. The summed E-state index contributed by atoms with van der Waals surface area (Å²) in [7, 11) is 3.27. The fourth-order valence-electron chi connectivity index (χ4n) is 2.65. The number of carbonyl (C=O) groups is 1. The molecule has 0 bridgehead atoms. The van der Waals surface area contributed by atoms with Gasteiger partial charge in [-0.1, -0.05) is 29.8 Å². The number of nitrogens with one attached hydrogen (secondary N) is 1. The molecule has 2 rings (SSSR count). The molecule has 0 fully saturated rings. The summed E-state index contributed by atoms with van der Waals surface area (Å²) in [6.07, 6.45) is 0.307. The summed E-state index contributed by atoms with van der Waals surface area (Å²) in [5.74, 6) is 1.57. The number of benzene rings is 2. The molecule has 2 aromatic carbocycles. The van der Waals surface area contributed by atoms with Crippen molar-refractivity contribution in [3.05, 3.63) is 58.7 Å². The van der Waals surface area contributed by atoms with E-state index in [9.17, 15) is 4.79 Å². The maximum Gasteiger partial charge on any atom is 0.224 e. The Bertz CT molecular complexity index is 678. The zero-order valence-corrected chi connectivity index (χ0v) is 14.1. The zero-order valence-electron chi connectivity index (χ0n) is 14.1. The van der Waals surface area contributed by atoms with E-state index in [4.69, 9.17) is 9.47 Å². The van der Waals surface area contributed by atoms with Crippen molar-refractivity contribution >= 4 is 5.91 Å². The summed E-state index contributed by atoms with van der Waals surface area (Å²) in [4.78, 5) is 12.2. The molecule has 0 radical (unpaired) electrons. The minimum absolute atomic E-state index is 0.0240. The van der Waals surface area contributed by atoms with E-state index in [-0.39, 0.29) is 5.91 Å². The third-order valence-electron chi connectivity index (χ3n) is 3.70. The van der Waals surface area contributed by atoms with Crippen LogP contribution < -0.4 is 14.8 Å². The van der Waals surface area contributed by atoms with Gasteiger partial charge < -0.3 is 14.8 Å². The van der Waals surface area contributed by atoms with Crippen LogP contribution in [0.2, 0.25) is 0 Å². The minimum Gasteiger partial charge on any atom is -0.497 e. The Morgan fingerprint density at radius 2 is 1.74 bits per heavy atom. The molecule has 0 aromatic heterocycles. The lowest BCUT2D eigenvalue weighted by molar-refractivity contribution is -0.120. The van der Waals surface area contributed by atoms with Gasteiger partial charge in [0.25, 0.3) is 0 Å². The van der Waals surface area contributed by atoms with E-state index >= 15 is 0 Å². The van der Waals surface area contributed by atoms with Crippen LogP contribution in [-0.2, 0) is 17.8 Å². The molecule has 122 valence electrons. The van der Waals surface area contributed by atoms with Crippen molar-refractivity contribution in [3.63, 3.8) is 0 Å². The van der Waals surface area contributed by atoms with E-state index < -0.39 is 0 Å². The molecule has 4 heteroatoms. The van der Waals surface area contributed by atoms with Gasteiger partial charge >= 0.3 is 0 Å². The molecule has 0 unspecified atom stereocenters. The smallest absolute Gasteiger partial charge is 0.224 e. The second-order valence-electron chi connectivity index (χ2n) is 5.58. The van der Waals surface area contributed by atoms with E-state index in [0.29, 0.717) is 13.0 Å². The molecular weight excluding hydrogens is 290 g/mol. The molecule has 0 heterocycles. The molecule has 0 aliphatic rings. The van der Waals surface area contributed by atoms with Crippen LogP contribution in [0.5, 0.6) is 11.5 Å². The van der Waals surface area contributed by atoms with Crippen molar-refractivity contribution in [1.29, 1.82) is 0 Å². The highest BCUT2D eigenvalue weighted by Crippen LogP contribution is 2.25. The molecule has 4 nitrogen and oxygen atoms in total. The third-order valence-corrected chi connectivity index (χ3v) is 3.70. The number of ether oxygens (including phenoxy) is 2. The standard InChI is InChI=1S/C19H23NO3/c1-13-9-14(2)19(23-4)16(10-13)11-18(21)20-12-15-5-7-17(22-3)8-6-15/h5-10H,11-12H2,1-4H3,(H,20,21). The van der Waals surface area contributed by atoms with Gasteiger partial charge in [-0.2, -0.15) is 0 Å². The SMILES string of the molecule is COc1ccc(CNC(=O)Cc2cc(C)cc(C)c2OC)cc1. The molecule has 0 spiro atoms. The van der Waals surface area contributed by atoms with E-state index in [1.165, 1.54) is 0 Å². The van der Waals surface area contributed by atoms with Crippen molar-refractivity contribution in [1.82, 2.24) is 5.32 Å². The molecule has 1 N–H and O–H groups in total. The van der Waals surface area contributed by atoms with E-state index in [1.807, 2.05) is 44.2 Å². The highest BCUT2D eigenvalue weighted by molar-refractivity contribution is 5.79. The number of hydrogen-bond acceptors (Lipinski definition) is 3. The Hall–Kier alpha value is -2.49. The maximum atomic E-state index is 12.2. The van der Waals surface area contributed by atoms with Crippen LogP contribution in [0.4, 0.5) is 0 Å². The molecule has 0 saturated heterocycles. The van der Waals surface area contributed by atoms with Gasteiger partial charge in [0.2, 0.25) is 5.91 Å².